The predicted octanol–water partition coefficient (Wildman–Crippen LogP) is 5.94. The van der Waals surface area contributed by atoms with Crippen molar-refractivity contribution in [3.8, 4) is 0 Å². The lowest BCUT2D eigenvalue weighted by molar-refractivity contribution is -0.147. The Balaban J connectivity index is 1.28. The summed E-state index contributed by atoms with van der Waals surface area (Å²) in [5.74, 6) is -0.539. The molecule has 5 rings (SSSR count). The number of hydrogen-bond donors (Lipinski definition) is 1. The third-order valence-corrected chi connectivity index (χ3v) is 7.79. The Morgan fingerprint density at radius 1 is 1.07 bits per heavy atom. The van der Waals surface area contributed by atoms with Crippen LogP contribution in [0.2, 0.25) is 0 Å². The summed E-state index contributed by atoms with van der Waals surface area (Å²) >= 11 is 1.73. The van der Waals surface area contributed by atoms with E-state index in [2.05, 4.69) is 27.2 Å². The van der Waals surface area contributed by atoms with E-state index >= 15 is 0 Å². The first-order valence-corrected chi connectivity index (χ1v) is 14.0. The van der Waals surface area contributed by atoms with Gasteiger partial charge in [-0.25, -0.2) is 19.3 Å². The monoisotopic (exact) mass is 572 g/mol. The largest absolute Gasteiger partial charge is 0.449 e. The molecule has 4 aromatic rings. The van der Waals surface area contributed by atoms with E-state index < -0.39 is 17.8 Å². The van der Waals surface area contributed by atoms with Gasteiger partial charge in [0.25, 0.3) is 5.91 Å². The van der Waals surface area contributed by atoms with Crippen LogP contribution in [0.3, 0.4) is 0 Å². The van der Waals surface area contributed by atoms with Crippen LogP contribution in [0.5, 0.6) is 0 Å². The average Bonchev–Trinajstić information content (AvgIpc) is 3.32. The van der Waals surface area contributed by atoms with Gasteiger partial charge in [0.1, 0.15) is 0 Å². The zero-order valence-corrected chi connectivity index (χ0v) is 22.6. The number of fused-ring (bicyclic) bond motifs is 1. The summed E-state index contributed by atoms with van der Waals surface area (Å²) in [6, 6.07) is 12.3. The number of carbonyl (C=O) groups excluding carboxylic acids is 1. The van der Waals surface area contributed by atoms with Crippen LogP contribution in [0, 0.1) is 11.7 Å². The van der Waals surface area contributed by atoms with E-state index in [1.54, 1.807) is 11.8 Å². The van der Waals surface area contributed by atoms with Crippen molar-refractivity contribution in [2.24, 2.45) is 5.92 Å². The molecule has 0 unspecified atom stereocenters. The standard InChI is InChI=1S/C28H28F4N6OS/c1-2-40-22-6-3-18(4-7-22)14-33-25(39)20-5-8-24-23(13-20)36-26(28(30,31)32)38(24)17-19-9-11-37(12-10-19)27-34-15-21(29)16-35-27/h3-8,13,15-16,19H,2,9-12,14,17H2,1H3,(H,33,39). The first-order chi connectivity index (χ1) is 19.2. The second-order valence-corrected chi connectivity index (χ2v) is 11.0. The SMILES string of the molecule is CCSc1ccc(CNC(=O)c2ccc3c(c2)nc(C(F)(F)F)n3CC2CCN(c3ncc(F)cn3)CC2)cc1. The maximum Gasteiger partial charge on any atom is 0.449 e. The summed E-state index contributed by atoms with van der Waals surface area (Å²) < 4.78 is 56.3. The number of thioether (sulfide) groups is 1. The molecule has 40 heavy (non-hydrogen) atoms. The molecule has 0 atom stereocenters. The maximum absolute atomic E-state index is 14.0. The van der Waals surface area contributed by atoms with Gasteiger partial charge >= 0.3 is 6.18 Å². The molecule has 1 aliphatic rings. The van der Waals surface area contributed by atoms with E-state index in [-0.39, 0.29) is 29.4 Å². The van der Waals surface area contributed by atoms with E-state index in [0.717, 1.165) is 28.6 Å². The van der Waals surface area contributed by atoms with Crippen LogP contribution in [0.4, 0.5) is 23.5 Å². The Bertz CT molecular complexity index is 1470. The van der Waals surface area contributed by atoms with Crippen molar-refractivity contribution in [3.63, 3.8) is 0 Å². The van der Waals surface area contributed by atoms with Crippen LogP contribution in [-0.2, 0) is 19.3 Å². The number of nitrogens with zero attached hydrogens (tertiary/aromatic N) is 5. The smallest absolute Gasteiger partial charge is 0.348 e. The number of anilines is 1. The van der Waals surface area contributed by atoms with Crippen LogP contribution in [0.1, 0.15) is 41.5 Å². The van der Waals surface area contributed by atoms with E-state index in [0.29, 0.717) is 43.9 Å². The highest BCUT2D eigenvalue weighted by atomic mass is 32.2. The number of imidazole rings is 1. The molecular formula is C28H28F4N6OS. The molecule has 2 aromatic carbocycles. The molecule has 3 heterocycles. The van der Waals surface area contributed by atoms with Crippen molar-refractivity contribution in [1.82, 2.24) is 24.8 Å². The molecule has 2 aromatic heterocycles. The van der Waals surface area contributed by atoms with Gasteiger partial charge < -0.3 is 14.8 Å². The molecule has 0 saturated carbocycles. The summed E-state index contributed by atoms with van der Waals surface area (Å²) in [6.45, 7) is 3.62. The molecule has 0 aliphatic carbocycles. The van der Waals surface area contributed by atoms with Gasteiger partial charge in [0.15, 0.2) is 5.82 Å². The van der Waals surface area contributed by atoms with Crippen molar-refractivity contribution in [2.45, 2.75) is 43.9 Å². The Hall–Kier alpha value is -3.67. The lowest BCUT2D eigenvalue weighted by atomic mass is 9.96. The van der Waals surface area contributed by atoms with Crippen molar-refractivity contribution < 1.29 is 22.4 Å². The fourth-order valence-electron chi connectivity index (χ4n) is 4.87. The molecule has 1 N–H and O–H groups in total. The summed E-state index contributed by atoms with van der Waals surface area (Å²) in [4.78, 5) is 27.7. The molecular weight excluding hydrogens is 544 g/mol. The highest BCUT2D eigenvalue weighted by Gasteiger charge is 2.38. The summed E-state index contributed by atoms with van der Waals surface area (Å²) in [6.07, 6.45) is -1.21. The molecule has 0 radical (unpaired) electrons. The van der Waals surface area contributed by atoms with Gasteiger partial charge in [0.2, 0.25) is 11.8 Å². The normalized spacial score (nSPS) is 14.6. The number of benzene rings is 2. The van der Waals surface area contributed by atoms with Crippen LogP contribution < -0.4 is 10.2 Å². The summed E-state index contributed by atoms with van der Waals surface area (Å²) in [5, 5.41) is 2.83. The fourth-order valence-corrected chi connectivity index (χ4v) is 5.53. The van der Waals surface area contributed by atoms with Gasteiger partial charge in [-0.3, -0.25) is 4.79 Å². The van der Waals surface area contributed by atoms with Crippen LogP contribution in [-0.4, -0.2) is 44.3 Å². The molecule has 1 aliphatic heterocycles. The van der Waals surface area contributed by atoms with Crippen molar-refractivity contribution in [1.29, 1.82) is 0 Å². The molecule has 1 fully saturated rings. The molecule has 12 heteroatoms. The van der Waals surface area contributed by atoms with E-state index in [9.17, 15) is 22.4 Å². The topological polar surface area (TPSA) is 75.9 Å². The van der Waals surface area contributed by atoms with Crippen molar-refractivity contribution in [2.75, 3.05) is 23.7 Å². The third-order valence-electron chi connectivity index (χ3n) is 6.90. The number of halogens is 4. The van der Waals surface area contributed by atoms with E-state index in [1.165, 1.54) is 22.8 Å². The molecule has 1 saturated heterocycles. The number of nitrogens with one attached hydrogen (secondary N) is 1. The number of aromatic nitrogens is 4. The Morgan fingerprint density at radius 3 is 2.42 bits per heavy atom. The molecule has 210 valence electrons. The van der Waals surface area contributed by atoms with Gasteiger partial charge in [0, 0.05) is 36.6 Å². The van der Waals surface area contributed by atoms with Crippen molar-refractivity contribution in [3.05, 3.63) is 77.6 Å². The van der Waals surface area contributed by atoms with Crippen LogP contribution >= 0.6 is 11.8 Å². The number of rotatable bonds is 8. The third kappa shape index (κ3) is 6.38. The number of alkyl halides is 3. The summed E-state index contributed by atoms with van der Waals surface area (Å²) in [5.41, 5.74) is 1.63. The number of hydrogen-bond acceptors (Lipinski definition) is 6. The number of carbonyl (C=O) groups is 1. The highest BCUT2D eigenvalue weighted by molar-refractivity contribution is 7.99. The first-order valence-electron chi connectivity index (χ1n) is 13.0. The number of amides is 1. The van der Waals surface area contributed by atoms with E-state index in [1.807, 2.05) is 29.2 Å². The zero-order chi connectivity index (χ0) is 28.3. The lowest BCUT2D eigenvalue weighted by Crippen LogP contribution is -2.36. The minimum absolute atomic E-state index is 0.0275. The highest BCUT2D eigenvalue weighted by Crippen LogP contribution is 2.34. The van der Waals surface area contributed by atoms with Gasteiger partial charge in [0.05, 0.1) is 23.4 Å². The molecule has 0 spiro atoms. The van der Waals surface area contributed by atoms with Crippen LogP contribution in [0.15, 0.2) is 59.8 Å². The quantitative estimate of drug-likeness (QED) is 0.208. The Labute approximate surface area is 233 Å². The molecule has 7 nitrogen and oxygen atoms in total. The van der Waals surface area contributed by atoms with Gasteiger partial charge in [-0.1, -0.05) is 19.1 Å². The van der Waals surface area contributed by atoms with Crippen LogP contribution in [0.25, 0.3) is 11.0 Å². The van der Waals surface area contributed by atoms with Gasteiger partial charge in [-0.15, -0.1) is 11.8 Å². The Morgan fingerprint density at radius 2 is 1.77 bits per heavy atom. The second-order valence-electron chi connectivity index (χ2n) is 9.64. The first kappa shape index (κ1) is 27.9. The van der Waals surface area contributed by atoms with E-state index in [4.69, 9.17) is 0 Å². The zero-order valence-electron chi connectivity index (χ0n) is 21.8. The maximum atomic E-state index is 14.0. The number of piperidine rings is 1. The minimum Gasteiger partial charge on any atom is -0.348 e. The predicted molar refractivity (Wildman–Crippen MR) is 146 cm³/mol. The summed E-state index contributed by atoms with van der Waals surface area (Å²) in [7, 11) is 0. The minimum atomic E-state index is -4.65. The molecule has 0 bridgehead atoms. The van der Waals surface area contributed by atoms with Gasteiger partial charge in [-0.2, -0.15) is 13.2 Å². The fraction of sp³-hybridized carbons (Fsp3) is 0.357. The Kier molecular flexibility index (Phi) is 8.24. The molecule has 1 amide bonds. The lowest BCUT2D eigenvalue weighted by Gasteiger charge is -2.32. The average molecular weight is 573 g/mol. The van der Waals surface area contributed by atoms with Crippen molar-refractivity contribution >= 4 is 34.7 Å². The van der Waals surface area contributed by atoms with Gasteiger partial charge in [-0.05, 0) is 60.4 Å². The second kappa shape index (κ2) is 11.8.